The number of hydrogen-bond donors (Lipinski definition) is 0. The number of aryl methyl sites for hydroxylation is 1. The van der Waals surface area contributed by atoms with Gasteiger partial charge in [0.15, 0.2) is 0 Å². The Kier molecular flexibility index (Phi) is 4.77. The Balaban J connectivity index is 2.26. The lowest BCUT2D eigenvalue weighted by atomic mass is 10.0. The summed E-state index contributed by atoms with van der Waals surface area (Å²) in [5.74, 6) is 0.561. The maximum Gasteiger partial charge on any atom is 0.513 e. The summed E-state index contributed by atoms with van der Waals surface area (Å²) >= 11 is 0. The summed E-state index contributed by atoms with van der Waals surface area (Å²) in [5.41, 5.74) is 3.24. The number of ether oxygens (including phenoxy) is 2. The lowest BCUT2D eigenvalue weighted by Crippen LogP contribution is -2.11. The van der Waals surface area contributed by atoms with Crippen LogP contribution in [0.4, 0.5) is 4.79 Å². The first kappa shape index (κ1) is 14.1. The van der Waals surface area contributed by atoms with Crippen LogP contribution < -0.4 is 4.74 Å². The number of hydrogen-bond acceptors (Lipinski definition) is 3. The van der Waals surface area contributed by atoms with Crippen molar-refractivity contribution in [3.8, 4) is 16.9 Å². The van der Waals surface area contributed by atoms with E-state index in [1.54, 1.807) is 6.92 Å². The van der Waals surface area contributed by atoms with Crippen LogP contribution in [0.25, 0.3) is 11.1 Å². The van der Waals surface area contributed by atoms with Gasteiger partial charge in [-0.25, -0.2) is 4.79 Å². The number of carbonyl (C=O) groups excluding carboxylic acids is 1. The molecule has 0 N–H and O–H groups in total. The van der Waals surface area contributed by atoms with Crippen molar-refractivity contribution < 1.29 is 14.3 Å². The van der Waals surface area contributed by atoms with Crippen LogP contribution in [0.5, 0.6) is 5.75 Å². The molecule has 0 saturated heterocycles. The maximum absolute atomic E-state index is 11.4. The first-order valence-corrected chi connectivity index (χ1v) is 6.77. The third-order valence-electron chi connectivity index (χ3n) is 3.00. The Bertz CT molecular complexity index is 576. The molecule has 0 atom stereocenters. The first-order valence-electron chi connectivity index (χ1n) is 6.77. The molecule has 0 unspecified atom stereocenters. The molecule has 2 rings (SSSR count). The van der Waals surface area contributed by atoms with E-state index < -0.39 is 6.16 Å². The van der Waals surface area contributed by atoms with Gasteiger partial charge in [0, 0.05) is 0 Å². The smallest absolute Gasteiger partial charge is 0.434 e. The van der Waals surface area contributed by atoms with Gasteiger partial charge in [-0.05, 0) is 42.2 Å². The van der Waals surface area contributed by atoms with Crippen molar-refractivity contribution in [2.24, 2.45) is 0 Å². The van der Waals surface area contributed by atoms with Gasteiger partial charge in [-0.2, -0.15) is 0 Å². The fourth-order valence-corrected chi connectivity index (χ4v) is 2.00. The molecule has 0 bridgehead atoms. The SMILES string of the molecule is CCOC(=O)Oc1ccc(-c2ccccc2)cc1CC. The van der Waals surface area contributed by atoms with Crippen molar-refractivity contribution >= 4 is 6.16 Å². The molecule has 0 aromatic heterocycles. The number of rotatable bonds is 4. The Labute approximate surface area is 119 Å². The highest BCUT2D eigenvalue weighted by molar-refractivity contribution is 5.68. The van der Waals surface area contributed by atoms with Gasteiger partial charge >= 0.3 is 6.16 Å². The summed E-state index contributed by atoms with van der Waals surface area (Å²) in [7, 11) is 0. The fraction of sp³-hybridized carbons (Fsp3) is 0.235. The van der Waals surface area contributed by atoms with Crippen molar-refractivity contribution in [3.05, 3.63) is 54.1 Å². The van der Waals surface area contributed by atoms with E-state index in [1.165, 1.54) is 0 Å². The van der Waals surface area contributed by atoms with E-state index in [4.69, 9.17) is 9.47 Å². The summed E-state index contributed by atoms with van der Waals surface area (Å²) in [6, 6.07) is 15.9. The van der Waals surface area contributed by atoms with Crippen molar-refractivity contribution in [1.82, 2.24) is 0 Å². The molecule has 0 saturated carbocycles. The van der Waals surface area contributed by atoms with Crippen molar-refractivity contribution in [1.29, 1.82) is 0 Å². The molecule has 0 amide bonds. The van der Waals surface area contributed by atoms with E-state index in [2.05, 4.69) is 12.1 Å². The second-order valence-corrected chi connectivity index (χ2v) is 4.33. The predicted octanol–water partition coefficient (Wildman–Crippen LogP) is 4.45. The lowest BCUT2D eigenvalue weighted by Gasteiger charge is -2.10. The molecule has 0 spiro atoms. The van der Waals surface area contributed by atoms with E-state index in [-0.39, 0.29) is 0 Å². The molecule has 3 nitrogen and oxygen atoms in total. The standard InChI is InChI=1S/C17H18O3/c1-3-13-12-15(14-8-6-5-7-9-14)10-11-16(13)20-17(18)19-4-2/h5-12H,3-4H2,1-2H3. The molecule has 0 aliphatic carbocycles. The van der Waals surface area contributed by atoms with Gasteiger partial charge in [-0.3, -0.25) is 0 Å². The largest absolute Gasteiger partial charge is 0.513 e. The molecule has 0 aliphatic heterocycles. The van der Waals surface area contributed by atoms with Gasteiger partial charge < -0.3 is 9.47 Å². The number of carbonyl (C=O) groups is 1. The average Bonchev–Trinajstić information content (AvgIpc) is 2.49. The second-order valence-electron chi connectivity index (χ2n) is 4.33. The minimum atomic E-state index is -0.658. The minimum absolute atomic E-state index is 0.308. The van der Waals surface area contributed by atoms with E-state index >= 15 is 0 Å². The average molecular weight is 270 g/mol. The van der Waals surface area contributed by atoms with Crippen LogP contribution in [0.3, 0.4) is 0 Å². The fourth-order valence-electron chi connectivity index (χ4n) is 2.00. The summed E-state index contributed by atoms with van der Waals surface area (Å²) in [5, 5.41) is 0. The van der Waals surface area contributed by atoms with Gasteiger partial charge in [0.2, 0.25) is 0 Å². The first-order chi connectivity index (χ1) is 9.74. The molecule has 0 fully saturated rings. The van der Waals surface area contributed by atoms with E-state index in [0.717, 1.165) is 23.1 Å². The molecular formula is C17H18O3. The third kappa shape index (κ3) is 3.38. The predicted molar refractivity (Wildman–Crippen MR) is 78.9 cm³/mol. The normalized spacial score (nSPS) is 10.1. The van der Waals surface area contributed by atoms with Gasteiger partial charge in [-0.15, -0.1) is 0 Å². The zero-order valence-corrected chi connectivity index (χ0v) is 11.8. The molecular weight excluding hydrogens is 252 g/mol. The molecule has 0 heterocycles. The zero-order valence-electron chi connectivity index (χ0n) is 11.8. The number of benzene rings is 2. The Morgan fingerprint density at radius 1 is 1.00 bits per heavy atom. The summed E-state index contributed by atoms with van der Waals surface area (Å²) in [6.45, 7) is 4.09. The minimum Gasteiger partial charge on any atom is -0.434 e. The summed E-state index contributed by atoms with van der Waals surface area (Å²) in [6.07, 6.45) is 0.129. The summed E-state index contributed by atoms with van der Waals surface area (Å²) < 4.78 is 10.0. The van der Waals surface area contributed by atoms with Crippen LogP contribution in [-0.2, 0) is 11.2 Å². The van der Waals surface area contributed by atoms with Gasteiger partial charge in [-0.1, -0.05) is 43.3 Å². The molecule has 3 heteroatoms. The van der Waals surface area contributed by atoms with E-state index in [1.807, 2.05) is 43.3 Å². The highest BCUT2D eigenvalue weighted by atomic mass is 16.7. The summed E-state index contributed by atoms with van der Waals surface area (Å²) in [4.78, 5) is 11.4. The highest BCUT2D eigenvalue weighted by Crippen LogP contribution is 2.27. The van der Waals surface area contributed by atoms with Crippen LogP contribution >= 0.6 is 0 Å². The molecule has 104 valence electrons. The van der Waals surface area contributed by atoms with Gasteiger partial charge in [0.1, 0.15) is 5.75 Å². The topological polar surface area (TPSA) is 35.5 Å². The molecule has 2 aromatic carbocycles. The van der Waals surface area contributed by atoms with Crippen LogP contribution in [0, 0.1) is 0 Å². The van der Waals surface area contributed by atoms with Gasteiger partial charge in [0.25, 0.3) is 0 Å². The third-order valence-corrected chi connectivity index (χ3v) is 3.00. The molecule has 0 aliphatic rings. The van der Waals surface area contributed by atoms with E-state index in [9.17, 15) is 4.79 Å². The molecule has 0 radical (unpaired) electrons. The van der Waals surface area contributed by atoms with Crippen LogP contribution in [0.15, 0.2) is 48.5 Å². The molecule has 20 heavy (non-hydrogen) atoms. The quantitative estimate of drug-likeness (QED) is 0.608. The maximum atomic E-state index is 11.4. The molecule has 2 aromatic rings. The highest BCUT2D eigenvalue weighted by Gasteiger charge is 2.10. The van der Waals surface area contributed by atoms with Crippen LogP contribution in [-0.4, -0.2) is 12.8 Å². The van der Waals surface area contributed by atoms with Crippen molar-refractivity contribution in [3.63, 3.8) is 0 Å². The van der Waals surface area contributed by atoms with Crippen molar-refractivity contribution in [2.75, 3.05) is 6.61 Å². The van der Waals surface area contributed by atoms with Crippen molar-refractivity contribution in [2.45, 2.75) is 20.3 Å². The van der Waals surface area contributed by atoms with Crippen LogP contribution in [0.1, 0.15) is 19.4 Å². The second kappa shape index (κ2) is 6.75. The van der Waals surface area contributed by atoms with Crippen LogP contribution in [0.2, 0.25) is 0 Å². The Hall–Kier alpha value is -2.29. The Morgan fingerprint density at radius 2 is 1.75 bits per heavy atom. The lowest BCUT2D eigenvalue weighted by molar-refractivity contribution is 0.104. The van der Waals surface area contributed by atoms with E-state index in [0.29, 0.717) is 12.4 Å². The Morgan fingerprint density at radius 3 is 2.40 bits per heavy atom. The van der Waals surface area contributed by atoms with Gasteiger partial charge in [0.05, 0.1) is 6.61 Å². The monoisotopic (exact) mass is 270 g/mol. The zero-order chi connectivity index (χ0) is 14.4.